The normalized spacial score (nSPS) is 19.1. The zero-order valence-corrected chi connectivity index (χ0v) is 12.3. The summed E-state index contributed by atoms with van der Waals surface area (Å²) in [7, 11) is 0. The number of rotatable bonds is 5. The zero-order chi connectivity index (χ0) is 13.0. The lowest BCUT2D eigenvalue weighted by molar-refractivity contribution is 0.0922. The molecule has 0 radical (unpaired) electrons. The molecule has 1 fully saturated rings. The predicted octanol–water partition coefficient (Wildman–Crippen LogP) is 4.29. The van der Waals surface area contributed by atoms with Crippen molar-refractivity contribution in [3.63, 3.8) is 0 Å². The van der Waals surface area contributed by atoms with Gasteiger partial charge in [0.1, 0.15) is 0 Å². The first-order valence-electron chi connectivity index (χ1n) is 6.58. The van der Waals surface area contributed by atoms with Crippen LogP contribution in [-0.2, 0) is 4.74 Å². The minimum absolute atomic E-state index is 0.226. The summed E-state index contributed by atoms with van der Waals surface area (Å²) < 4.78 is 6.46. The first-order valence-corrected chi connectivity index (χ1v) is 7.37. The summed E-state index contributed by atoms with van der Waals surface area (Å²) >= 11 is 3.44. The molecule has 0 aliphatic carbocycles. The van der Waals surface area contributed by atoms with E-state index < -0.39 is 0 Å². The van der Waals surface area contributed by atoms with Gasteiger partial charge in [-0.15, -0.1) is 0 Å². The van der Waals surface area contributed by atoms with E-state index in [2.05, 4.69) is 15.9 Å². The summed E-state index contributed by atoms with van der Waals surface area (Å²) in [6.07, 6.45) is 5.25. The van der Waals surface area contributed by atoms with Crippen LogP contribution < -0.4 is 0 Å². The molecule has 0 spiro atoms. The molecule has 98 valence electrons. The molecule has 18 heavy (non-hydrogen) atoms. The minimum atomic E-state index is 0.226. The van der Waals surface area contributed by atoms with Crippen LogP contribution in [0.2, 0.25) is 0 Å². The fourth-order valence-corrected chi connectivity index (χ4v) is 2.82. The van der Waals surface area contributed by atoms with Crippen molar-refractivity contribution in [1.82, 2.24) is 0 Å². The lowest BCUT2D eigenvalue weighted by Crippen LogP contribution is -2.07. The number of halogens is 1. The third-order valence-electron chi connectivity index (χ3n) is 3.38. The highest BCUT2D eigenvalue weighted by Crippen LogP contribution is 2.22. The maximum absolute atomic E-state index is 12.1. The highest BCUT2D eigenvalue weighted by atomic mass is 79.9. The second kappa shape index (κ2) is 6.48. The highest BCUT2D eigenvalue weighted by molar-refractivity contribution is 9.10. The molecule has 0 amide bonds. The van der Waals surface area contributed by atoms with Crippen LogP contribution >= 0.6 is 15.9 Å². The molecule has 1 atom stereocenters. The van der Waals surface area contributed by atoms with Gasteiger partial charge in [-0.3, -0.25) is 4.79 Å². The molecule has 1 unspecified atom stereocenters. The Balaban J connectivity index is 1.85. The van der Waals surface area contributed by atoms with Crippen molar-refractivity contribution in [3.05, 3.63) is 33.8 Å². The van der Waals surface area contributed by atoms with E-state index in [4.69, 9.17) is 4.74 Å². The van der Waals surface area contributed by atoms with Gasteiger partial charge in [0, 0.05) is 23.1 Å². The van der Waals surface area contributed by atoms with E-state index >= 15 is 0 Å². The van der Waals surface area contributed by atoms with Gasteiger partial charge in [-0.1, -0.05) is 27.6 Å². The van der Waals surface area contributed by atoms with Gasteiger partial charge >= 0.3 is 0 Å². The number of benzene rings is 1. The van der Waals surface area contributed by atoms with Crippen molar-refractivity contribution in [2.75, 3.05) is 6.61 Å². The van der Waals surface area contributed by atoms with E-state index in [1.807, 2.05) is 25.1 Å². The van der Waals surface area contributed by atoms with Crippen LogP contribution in [-0.4, -0.2) is 18.5 Å². The summed E-state index contributed by atoms with van der Waals surface area (Å²) in [6.45, 7) is 2.90. The molecule has 1 aliphatic heterocycles. The van der Waals surface area contributed by atoms with E-state index in [-0.39, 0.29) is 5.78 Å². The molecule has 0 bridgehead atoms. The average molecular weight is 311 g/mol. The summed E-state index contributed by atoms with van der Waals surface area (Å²) in [5.74, 6) is 0.226. The Morgan fingerprint density at radius 1 is 1.50 bits per heavy atom. The number of carbonyl (C=O) groups is 1. The standard InChI is InChI=1S/C15H19BrO2/c1-11-7-8-14(16)13(10-11)15(17)6-2-4-12-5-3-9-18-12/h7-8,10,12H,2-6,9H2,1H3. The molecule has 0 N–H and O–H groups in total. The van der Waals surface area contributed by atoms with E-state index in [1.165, 1.54) is 6.42 Å². The van der Waals surface area contributed by atoms with E-state index in [9.17, 15) is 4.79 Å². The van der Waals surface area contributed by atoms with Gasteiger partial charge < -0.3 is 4.74 Å². The Kier molecular flexibility index (Phi) is 4.95. The molecule has 1 aliphatic rings. The average Bonchev–Trinajstić information content (AvgIpc) is 2.85. The predicted molar refractivity (Wildman–Crippen MR) is 76.0 cm³/mol. The van der Waals surface area contributed by atoms with Gasteiger partial charge in [0.15, 0.2) is 5.78 Å². The Labute approximate surface area is 117 Å². The van der Waals surface area contributed by atoms with E-state index in [0.717, 1.165) is 41.5 Å². The lowest BCUT2D eigenvalue weighted by atomic mass is 10.0. The topological polar surface area (TPSA) is 26.3 Å². The summed E-state index contributed by atoms with van der Waals surface area (Å²) in [4.78, 5) is 12.1. The van der Waals surface area contributed by atoms with Gasteiger partial charge in [0.05, 0.1) is 6.10 Å². The fourth-order valence-electron chi connectivity index (χ4n) is 2.35. The molecular weight excluding hydrogens is 292 g/mol. The number of hydrogen-bond acceptors (Lipinski definition) is 2. The monoisotopic (exact) mass is 310 g/mol. The van der Waals surface area contributed by atoms with Crippen LogP contribution in [0.1, 0.15) is 48.0 Å². The van der Waals surface area contributed by atoms with Gasteiger partial charge in [-0.25, -0.2) is 0 Å². The van der Waals surface area contributed by atoms with Crippen molar-refractivity contribution >= 4 is 21.7 Å². The Morgan fingerprint density at radius 2 is 2.33 bits per heavy atom. The molecule has 1 saturated heterocycles. The molecule has 1 aromatic rings. The number of Topliss-reactive ketones (excluding diaryl/α,β-unsaturated/α-hetero) is 1. The summed E-state index contributed by atoms with van der Waals surface area (Å²) in [5, 5.41) is 0. The number of ether oxygens (including phenoxy) is 1. The quantitative estimate of drug-likeness (QED) is 0.758. The summed E-state index contributed by atoms with van der Waals surface area (Å²) in [6, 6.07) is 5.91. The third kappa shape index (κ3) is 3.66. The maximum atomic E-state index is 12.1. The fraction of sp³-hybridized carbons (Fsp3) is 0.533. The van der Waals surface area contributed by atoms with Gasteiger partial charge in [-0.2, -0.15) is 0 Å². The van der Waals surface area contributed by atoms with Gasteiger partial charge in [-0.05, 0) is 44.7 Å². The molecule has 2 nitrogen and oxygen atoms in total. The van der Waals surface area contributed by atoms with Crippen LogP contribution in [0.25, 0.3) is 0 Å². The maximum Gasteiger partial charge on any atom is 0.164 e. The number of ketones is 1. The first kappa shape index (κ1) is 13.8. The zero-order valence-electron chi connectivity index (χ0n) is 10.7. The number of hydrogen-bond donors (Lipinski definition) is 0. The molecular formula is C15H19BrO2. The molecule has 0 saturated carbocycles. The van der Waals surface area contributed by atoms with Crippen LogP contribution in [0, 0.1) is 6.92 Å². The second-order valence-corrected chi connectivity index (χ2v) is 5.79. The van der Waals surface area contributed by atoms with Gasteiger partial charge in [0.2, 0.25) is 0 Å². The van der Waals surface area contributed by atoms with Gasteiger partial charge in [0.25, 0.3) is 0 Å². The van der Waals surface area contributed by atoms with Crippen molar-refractivity contribution < 1.29 is 9.53 Å². The Bertz CT molecular complexity index is 423. The number of carbonyl (C=O) groups excluding carboxylic acids is 1. The van der Waals surface area contributed by atoms with Crippen molar-refractivity contribution in [2.24, 2.45) is 0 Å². The Hall–Kier alpha value is -0.670. The van der Waals surface area contributed by atoms with Crippen molar-refractivity contribution in [3.8, 4) is 0 Å². The molecule has 0 aromatic heterocycles. The first-order chi connectivity index (χ1) is 8.66. The highest BCUT2D eigenvalue weighted by Gasteiger charge is 2.16. The van der Waals surface area contributed by atoms with Crippen LogP contribution in [0.15, 0.2) is 22.7 Å². The smallest absolute Gasteiger partial charge is 0.164 e. The van der Waals surface area contributed by atoms with Crippen LogP contribution in [0.4, 0.5) is 0 Å². The SMILES string of the molecule is Cc1ccc(Br)c(C(=O)CCCC2CCCO2)c1. The van der Waals surface area contributed by atoms with E-state index in [1.54, 1.807) is 0 Å². The second-order valence-electron chi connectivity index (χ2n) is 4.93. The molecule has 1 heterocycles. The van der Waals surface area contributed by atoms with E-state index in [0.29, 0.717) is 12.5 Å². The Morgan fingerprint density at radius 3 is 3.06 bits per heavy atom. The molecule has 3 heteroatoms. The van der Waals surface area contributed by atoms with Crippen molar-refractivity contribution in [1.29, 1.82) is 0 Å². The van der Waals surface area contributed by atoms with Crippen molar-refractivity contribution in [2.45, 2.75) is 45.1 Å². The molecule has 2 rings (SSSR count). The van der Waals surface area contributed by atoms with Crippen LogP contribution in [0.5, 0.6) is 0 Å². The minimum Gasteiger partial charge on any atom is -0.378 e. The lowest BCUT2D eigenvalue weighted by Gasteiger charge is -2.09. The largest absolute Gasteiger partial charge is 0.378 e. The molecule has 1 aromatic carbocycles. The summed E-state index contributed by atoms with van der Waals surface area (Å²) in [5.41, 5.74) is 1.93. The third-order valence-corrected chi connectivity index (χ3v) is 4.07. The van der Waals surface area contributed by atoms with Crippen LogP contribution in [0.3, 0.4) is 0 Å². The number of aryl methyl sites for hydroxylation is 1.